The zero-order valence-electron chi connectivity index (χ0n) is 63.6. The smallest absolute Gasteiger partial charge is 0.270 e. The van der Waals surface area contributed by atoms with E-state index in [2.05, 4.69) is 187 Å². The first-order valence-electron chi connectivity index (χ1n) is 38.5. The number of hydrogen-bond acceptors (Lipinski definition) is 18. The summed E-state index contributed by atoms with van der Waals surface area (Å²) in [5.74, 6) is -1.42. The van der Waals surface area contributed by atoms with Crippen LogP contribution in [0.2, 0.25) is 0 Å². The number of rotatable bonds is 26. The summed E-state index contributed by atoms with van der Waals surface area (Å²) in [6, 6.07) is 40.4. The molecule has 6 aromatic heterocycles. The third-order valence-electron chi connectivity index (χ3n) is 20.9. The van der Waals surface area contributed by atoms with Crippen LogP contribution in [-0.4, -0.2) is 164 Å². The van der Waals surface area contributed by atoms with Crippen molar-refractivity contribution in [1.29, 1.82) is 0 Å². The average Bonchev–Trinajstić information content (AvgIpc) is 1.66. The number of halogens is 1. The minimum Gasteiger partial charge on any atom is -0.381 e. The third-order valence-corrected chi connectivity index (χ3v) is 20.9. The van der Waals surface area contributed by atoms with Gasteiger partial charge in [0.25, 0.3) is 23.6 Å². The second-order valence-corrected chi connectivity index (χ2v) is 28.3. The average molecular weight is 1500 g/mol. The van der Waals surface area contributed by atoms with Gasteiger partial charge in [-0.05, 0) is 170 Å². The molecule has 0 aliphatic carbocycles. The summed E-state index contributed by atoms with van der Waals surface area (Å²) in [7, 11) is 0. The number of aryl methyl sites for hydroxylation is 6. The summed E-state index contributed by atoms with van der Waals surface area (Å²) in [4.78, 5) is 77.6. The van der Waals surface area contributed by atoms with E-state index in [-0.39, 0.29) is 84.0 Å². The number of fused-ring (bicyclic) bond motifs is 2. The Morgan fingerprint density at radius 3 is 1.18 bits per heavy atom. The number of piperazine rings is 2. The highest BCUT2D eigenvalue weighted by Crippen LogP contribution is 2.35. The molecule has 4 aromatic carbocycles. The molecule has 0 radical (unpaired) electrons. The highest BCUT2D eigenvalue weighted by atomic mass is 35.5. The highest BCUT2D eigenvalue weighted by Gasteiger charge is 2.26. The summed E-state index contributed by atoms with van der Waals surface area (Å²) in [5, 5.41) is 37.5. The van der Waals surface area contributed by atoms with Crippen molar-refractivity contribution >= 4 is 69.5 Å². The molecule has 4 fully saturated rings. The number of pyridine rings is 4. The van der Waals surface area contributed by atoms with E-state index in [1.165, 1.54) is 22.3 Å². The fraction of sp³-hybridized carbons (Fsp3) is 0.405. The first-order valence-corrected chi connectivity index (χ1v) is 38.5. The number of benzene rings is 4. The van der Waals surface area contributed by atoms with E-state index in [1.54, 1.807) is 36.4 Å². The van der Waals surface area contributed by atoms with E-state index in [4.69, 9.17) is 19.4 Å². The molecular weight excluding hydrogens is 1390 g/mol. The number of carbonyl (C=O) groups is 4. The minimum absolute atomic E-state index is 0. The molecule has 14 rings (SSSR count). The number of amides is 4. The Morgan fingerprint density at radius 1 is 0.450 bits per heavy atom. The lowest BCUT2D eigenvalue weighted by Gasteiger charge is -2.27. The lowest BCUT2D eigenvalue weighted by molar-refractivity contribution is 0.0903. The molecule has 10 aromatic rings. The molecular formula is C84H103ClN18O6. The number of anilines is 2. The summed E-state index contributed by atoms with van der Waals surface area (Å²) < 4.78 is 15.0. The molecule has 0 saturated carbocycles. The van der Waals surface area contributed by atoms with Crippen LogP contribution in [0.3, 0.4) is 0 Å². The van der Waals surface area contributed by atoms with Gasteiger partial charge in [-0.2, -0.15) is 10.2 Å². The maximum Gasteiger partial charge on any atom is 0.270 e. The van der Waals surface area contributed by atoms with Crippen molar-refractivity contribution in [3.63, 3.8) is 0 Å². The summed E-state index contributed by atoms with van der Waals surface area (Å²) in [6.45, 7) is 28.1. The zero-order valence-corrected chi connectivity index (χ0v) is 64.4. The topological polar surface area (TPSA) is 277 Å². The van der Waals surface area contributed by atoms with Gasteiger partial charge >= 0.3 is 0 Å². The van der Waals surface area contributed by atoms with Gasteiger partial charge in [0.05, 0.1) is 34.5 Å². The monoisotopic (exact) mass is 1490 g/mol. The lowest BCUT2D eigenvalue weighted by atomic mass is 9.96. The minimum atomic E-state index is -0.365. The Bertz CT molecular complexity index is 4510. The van der Waals surface area contributed by atoms with Crippen LogP contribution in [0.1, 0.15) is 151 Å². The van der Waals surface area contributed by atoms with Crippen molar-refractivity contribution in [1.82, 2.24) is 81.2 Å². The predicted molar refractivity (Wildman–Crippen MR) is 430 cm³/mol. The van der Waals surface area contributed by atoms with E-state index in [0.29, 0.717) is 65.4 Å². The van der Waals surface area contributed by atoms with Gasteiger partial charge in [-0.25, -0.2) is 29.3 Å². The fourth-order valence-corrected chi connectivity index (χ4v) is 14.8. The Kier molecular flexibility index (Phi) is 27.3. The number of hydrogen-bond donors (Lipinski definition) is 8. The molecule has 24 nitrogen and oxygen atoms in total. The summed E-state index contributed by atoms with van der Waals surface area (Å²) >= 11 is 0. The maximum atomic E-state index is 13.5. The van der Waals surface area contributed by atoms with Gasteiger partial charge < -0.3 is 52.0 Å². The van der Waals surface area contributed by atoms with Crippen molar-refractivity contribution < 1.29 is 28.7 Å². The summed E-state index contributed by atoms with van der Waals surface area (Å²) in [5.41, 5.74) is 19.5. The van der Waals surface area contributed by atoms with E-state index in [0.717, 1.165) is 180 Å². The number of aromatic nitrogens is 8. The molecule has 0 atom stereocenters. The fourth-order valence-electron chi connectivity index (χ4n) is 14.8. The van der Waals surface area contributed by atoms with Crippen LogP contribution in [0.5, 0.6) is 0 Å². The molecule has 4 amide bonds. The SMILES string of the molecule is CCc1nc2c(cnn2CC)c(NC2CCOCC2)c1CNC(=O)c1cccc(C(=O)NCc2ccc(C)c(-c3cccc(CN4CCNCC4)c3)c2)n1.CCc1nc2c(cnn2CC)c(NC2CCOCC2)c1CNC(=O)c1cccc(C(=O)NCc2ccc(C)c(-c3cccc(CN4CCNCC4)c3)c2)n1.Cl. The quantitative estimate of drug-likeness (QED) is 0.0250. The lowest BCUT2D eigenvalue weighted by Crippen LogP contribution is -2.42. The van der Waals surface area contributed by atoms with Crippen molar-refractivity contribution in [2.45, 2.75) is 145 Å². The molecule has 0 spiro atoms. The van der Waals surface area contributed by atoms with Crippen molar-refractivity contribution in [3.8, 4) is 22.3 Å². The van der Waals surface area contributed by atoms with E-state index >= 15 is 0 Å². The predicted octanol–water partition coefficient (Wildman–Crippen LogP) is 10.9. The van der Waals surface area contributed by atoms with Gasteiger partial charge in [0, 0.05) is 166 Å². The Hall–Kier alpha value is -10.1. The van der Waals surface area contributed by atoms with E-state index in [1.807, 2.05) is 33.9 Å². The summed E-state index contributed by atoms with van der Waals surface area (Å²) in [6.07, 6.45) is 8.68. The van der Waals surface area contributed by atoms with Crippen LogP contribution in [0.25, 0.3) is 44.3 Å². The van der Waals surface area contributed by atoms with Gasteiger partial charge in [-0.15, -0.1) is 12.4 Å². The Morgan fingerprint density at radius 2 is 0.817 bits per heavy atom. The van der Waals surface area contributed by atoms with E-state index < -0.39 is 0 Å². The van der Waals surface area contributed by atoms with E-state index in [9.17, 15) is 19.2 Å². The Labute approximate surface area is 644 Å². The molecule has 25 heteroatoms. The number of nitrogens with zero attached hydrogens (tertiary/aromatic N) is 10. The van der Waals surface area contributed by atoms with Gasteiger partial charge in [-0.3, -0.25) is 29.0 Å². The molecule has 572 valence electrons. The maximum absolute atomic E-state index is 13.5. The molecule has 0 bridgehead atoms. The highest BCUT2D eigenvalue weighted by molar-refractivity contribution is 5.98. The zero-order chi connectivity index (χ0) is 74.9. The molecule has 10 heterocycles. The molecule has 4 saturated heterocycles. The van der Waals surface area contributed by atoms with Crippen LogP contribution in [0, 0.1) is 13.8 Å². The second kappa shape index (κ2) is 37.9. The van der Waals surface area contributed by atoms with Crippen LogP contribution < -0.4 is 42.5 Å². The number of nitrogens with one attached hydrogen (secondary N) is 8. The molecule has 4 aliphatic rings. The molecule has 0 unspecified atom stereocenters. The third kappa shape index (κ3) is 19.7. The molecule has 109 heavy (non-hydrogen) atoms. The van der Waals surface area contributed by atoms with Crippen LogP contribution >= 0.6 is 12.4 Å². The number of ether oxygens (including phenoxy) is 2. The first kappa shape index (κ1) is 78.5. The van der Waals surface area contributed by atoms with Gasteiger partial charge in [0.15, 0.2) is 11.3 Å². The molecule has 4 aliphatic heterocycles. The van der Waals surface area contributed by atoms with Crippen molar-refractivity contribution in [3.05, 3.63) is 212 Å². The largest absolute Gasteiger partial charge is 0.381 e. The number of carbonyl (C=O) groups excluding carboxylic acids is 4. The first-order chi connectivity index (χ1) is 52.8. The van der Waals surface area contributed by atoms with Crippen LogP contribution in [0.4, 0.5) is 11.4 Å². The van der Waals surface area contributed by atoms with Crippen LogP contribution in [0.15, 0.2) is 134 Å². The van der Waals surface area contributed by atoms with Crippen LogP contribution in [-0.2, 0) is 74.7 Å². The van der Waals surface area contributed by atoms with Crippen molar-refractivity contribution in [2.75, 3.05) is 89.4 Å². The molecule has 8 N–H and O–H groups in total. The normalized spacial score (nSPS) is 15.2. The van der Waals surface area contributed by atoms with Crippen molar-refractivity contribution in [2.24, 2.45) is 0 Å². The van der Waals surface area contributed by atoms with Gasteiger partial charge in [0.1, 0.15) is 22.8 Å². The van der Waals surface area contributed by atoms with Gasteiger partial charge in [-0.1, -0.05) is 86.6 Å². The second-order valence-electron chi connectivity index (χ2n) is 28.3. The Balaban J connectivity index is 0.000000201. The van der Waals surface area contributed by atoms with Gasteiger partial charge in [0.2, 0.25) is 0 Å². The standard InChI is InChI=1S/2C42H51N9O3.ClH/c2*1-4-36-34(39(47-32-14-20-54-21-15-32)35-26-46-51(5-2)40(35)49-36)25-45-42(53)38-11-7-10-37(48-38)41(52)44-24-29-13-12-28(3)33(23-29)31-9-6-8-30(22-31)27-50-18-16-43-17-19-50;/h2*6-13,22-23,26,32,43H,4-5,14-21,24-25,27H2,1-3H3,(H,44,52)(H,45,53)(H,47,49);1H.